The van der Waals surface area contributed by atoms with Crippen molar-refractivity contribution in [2.45, 2.75) is 13.3 Å². The zero-order chi connectivity index (χ0) is 14.6. The molecule has 0 radical (unpaired) electrons. The van der Waals surface area contributed by atoms with Gasteiger partial charge in [-0.05, 0) is 6.42 Å². The molecule has 0 aliphatic carbocycles. The fourth-order valence-electron chi connectivity index (χ4n) is 2.20. The minimum absolute atomic E-state index is 0.121. The van der Waals surface area contributed by atoms with Gasteiger partial charge in [-0.2, -0.15) is 0 Å². The predicted octanol–water partition coefficient (Wildman–Crippen LogP) is -0.173. The number of carbonyl (C=O) groups excluding carboxylic acids is 2. The molecule has 0 bridgehead atoms. The number of aliphatic carboxylic acids is 1. The lowest BCUT2D eigenvalue weighted by atomic mass is 10.1. The van der Waals surface area contributed by atoms with Gasteiger partial charge in [0.15, 0.2) is 0 Å². The third-order valence-electron chi connectivity index (χ3n) is 3.38. The smallest absolute Gasteiger partial charge is 0.319 e. The predicted molar refractivity (Wildman–Crippen MR) is 68.6 cm³/mol. The lowest BCUT2D eigenvalue weighted by Crippen LogP contribution is -2.44. The fourth-order valence-corrected chi connectivity index (χ4v) is 2.20. The zero-order valence-corrected chi connectivity index (χ0v) is 11.5. The van der Waals surface area contributed by atoms with E-state index in [1.165, 1.54) is 9.80 Å². The van der Waals surface area contributed by atoms with Gasteiger partial charge in [-0.1, -0.05) is 6.92 Å². The van der Waals surface area contributed by atoms with Crippen molar-refractivity contribution >= 4 is 17.9 Å². The Balaban J connectivity index is 2.49. The number of carboxylic acid groups (broad SMARTS) is 1. The first-order chi connectivity index (χ1) is 8.86. The van der Waals surface area contributed by atoms with Crippen LogP contribution in [0.5, 0.6) is 0 Å². The molecule has 19 heavy (non-hydrogen) atoms. The number of hydrogen-bond acceptors (Lipinski definition) is 3. The summed E-state index contributed by atoms with van der Waals surface area (Å²) in [4.78, 5) is 37.3. The topological polar surface area (TPSA) is 90.0 Å². The van der Waals surface area contributed by atoms with E-state index >= 15 is 0 Å². The molecular weight excluding hydrogens is 250 g/mol. The van der Waals surface area contributed by atoms with E-state index in [2.05, 4.69) is 5.32 Å². The molecule has 2 atom stereocenters. The molecule has 0 saturated carbocycles. The Hall–Kier alpha value is -1.79. The van der Waals surface area contributed by atoms with Crippen LogP contribution in [-0.2, 0) is 9.59 Å². The Morgan fingerprint density at radius 1 is 1.47 bits per heavy atom. The molecule has 7 nitrogen and oxygen atoms in total. The molecule has 2 N–H and O–H groups in total. The van der Waals surface area contributed by atoms with Crippen LogP contribution in [0.15, 0.2) is 0 Å². The van der Waals surface area contributed by atoms with E-state index < -0.39 is 11.9 Å². The number of amides is 3. The van der Waals surface area contributed by atoms with E-state index in [-0.39, 0.29) is 24.4 Å². The van der Waals surface area contributed by atoms with E-state index in [1.54, 1.807) is 21.0 Å². The molecule has 1 heterocycles. The number of carbonyl (C=O) groups is 3. The molecule has 1 saturated heterocycles. The number of nitrogens with one attached hydrogen (secondary N) is 1. The average molecular weight is 271 g/mol. The molecule has 0 aromatic heterocycles. The highest BCUT2D eigenvalue weighted by atomic mass is 16.4. The van der Waals surface area contributed by atoms with Gasteiger partial charge in [-0.3, -0.25) is 9.59 Å². The monoisotopic (exact) mass is 271 g/mol. The Kier molecular flexibility index (Phi) is 5.14. The maximum absolute atomic E-state index is 12.1. The van der Waals surface area contributed by atoms with Crippen molar-refractivity contribution in [3.05, 3.63) is 0 Å². The SMILES string of the molecule is CNC(=O)C(C)CN(C)C(=O)N1CCC(C(=O)O)C1. The van der Waals surface area contributed by atoms with Crippen molar-refractivity contribution in [1.29, 1.82) is 0 Å². The second-order valence-electron chi connectivity index (χ2n) is 4.95. The van der Waals surface area contributed by atoms with Crippen LogP contribution in [0.2, 0.25) is 0 Å². The largest absolute Gasteiger partial charge is 0.481 e. The maximum atomic E-state index is 12.1. The van der Waals surface area contributed by atoms with Gasteiger partial charge < -0.3 is 20.2 Å². The number of nitrogens with zero attached hydrogens (tertiary/aromatic N) is 2. The van der Waals surface area contributed by atoms with Crippen LogP contribution in [0, 0.1) is 11.8 Å². The first-order valence-corrected chi connectivity index (χ1v) is 6.31. The van der Waals surface area contributed by atoms with Crippen LogP contribution in [0.3, 0.4) is 0 Å². The zero-order valence-electron chi connectivity index (χ0n) is 11.5. The average Bonchev–Trinajstić information content (AvgIpc) is 2.86. The second-order valence-corrected chi connectivity index (χ2v) is 4.95. The van der Waals surface area contributed by atoms with Crippen LogP contribution < -0.4 is 5.32 Å². The van der Waals surface area contributed by atoms with Crippen LogP contribution in [0.4, 0.5) is 4.79 Å². The minimum Gasteiger partial charge on any atom is -0.481 e. The summed E-state index contributed by atoms with van der Waals surface area (Å²) in [5.41, 5.74) is 0. The van der Waals surface area contributed by atoms with Crippen LogP contribution in [0.1, 0.15) is 13.3 Å². The summed E-state index contributed by atoms with van der Waals surface area (Å²) in [6.07, 6.45) is 0.486. The standard InChI is InChI=1S/C12H21N3O4/c1-8(10(16)13-2)6-14(3)12(19)15-5-4-9(7-15)11(17)18/h8-9H,4-7H2,1-3H3,(H,13,16)(H,17,18). The van der Waals surface area contributed by atoms with Crippen molar-refractivity contribution < 1.29 is 19.5 Å². The second kappa shape index (κ2) is 6.40. The molecular formula is C12H21N3O4. The summed E-state index contributed by atoms with van der Waals surface area (Å²) in [7, 11) is 3.18. The van der Waals surface area contributed by atoms with Crippen molar-refractivity contribution in [3.63, 3.8) is 0 Å². The van der Waals surface area contributed by atoms with Crippen molar-refractivity contribution in [3.8, 4) is 0 Å². The lowest BCUT2D eigenvalue weighted by molar-refractivity contribution is -0.141. The van der Waals surface area contributed by atoms with E-state index in [1.807, 2.05) is 0 Å². The molecule has 1 rings (SSSR count). The van der Waals surface area contributed by atoms with Gasteiger partial charge in [0.2, 0.25) is 5.91 Å². The number of urea groups is 1. The van der Waals surface area contributed by atoms with Gasteiger partial charge in [0.25, 0.3) is 0 Å². The van der Waals surface area contributed by atoms with Crippen molar-refractivity contribution in [2.24, 2.45) is 11.8 Å². The summed E-state index contributed by atoms with van der Waals surface area (Å²) in [5.74, 6) is -1.76. The molecule has 108 valence electrons. The van der Waals surface area contributed by atoms with Gasteiger partial charge in [0.05, 0.1) is 11.8 Å². The quantitative estimate of drug-likeness (QED) is 0.742. The van der Waals surface area contributed by atoms with Crippen LogP contribution in [-0.4, -0.2) is 66.5 Å². The summed E-state index contributed by atoms with van der Waals surface area (Å²) < 4.78 is 0. The highest BCUT2D eigenvalue weighted by Gasteiger charge is 2.32. The summed E-state index contributed by atoms with van der Waals surface area (Å²) in [5, 5.41) is 11.4. The van der Waals surface area contributed by atoms with Gasteiger partial charge in [-0.15, -0.1) is 0 Å². The lowest BCUT2D eigenvalue weighted by Gasteiger charge is -2.26. The summed E-state index contributed by atoms with van der Waals surface area (Å²) in [6.45, 7) is 2.75. The number of carboxylic acids is 1. The third kappa shape index (κ3) is 3.84. The fraction of sp³-hybridized carbons (Fsp3) is 0.750. The molecule has 1 fully saturated rings. The minimum atomic E-state index is -0.864. The van der Waals surface area contributed by atoms with Crippen LogP contribution in [0.25, 0.3) is 0 Å². The van der Waals surface area contributed by atoms with Gasteiger partial charge in [0, 0.05) is 33.7 Å². The summed E-state index contributed by atoms with van der Waals surface area (Å²) >= 11 is 0. The van der Waals surface area contributed by atoms with Crippen molar-refractivity contribution in [1.82, 2.24) is 15.1 Å². The Morgan fingerprint density at radius 2 is 2.11 bits per heavy atom. The molecule has 0 aromatic rings. The Labute approximate surface area is 112 Å². The van der Waals surface area contributed by atoms with Gasteiger partial charge >= 0.3 is 12.0 Å². The molecule has 3 amide bonds. The third-order valence-corrected chi connectivity index (χ3v) is 3.38. The van der Waals surface area contributed by atoms with E-state index in [9.17, 15) is 14.4 Å². The molecule has 1 aliphatic rings. The normalized spacial score (nSPS) is 19.9. The van der Waals surface area contributed by atoms with Crippen LogP contribution >= 0.6 is 0 Å². The highest BCUT2D eigenvalue weighted by molar-refractivity contribution is 5.80. The van der Waals surface area contributed by atoms with E-state index in [0.717, 1.165) is 0 Å². The molecule has 1 aliphatic heterocycles. The first kappa shape index (κ1) is 15.3. The number of likely N-dealkylation sites (tertiary alicyclic amines) is 1. The van der Waals surface area contributed by atoms with E-state index in [0.29, 0.717) is 19.5 Å². The Bertz CT molecular complexity index is 372. The molecule has 2 unspecified atom stereocenters. The summed E-state index contributed by atoms with van der Waals surface area (Å²) in [6, 6.07) is -0.223. The van der Waals surface area contributed by atoms with E-state index in [4.69, 9.17) is 5.11 Å². The number of rotatable bonds is 4. The molecule has 0 spiro atoms. The molecule has 0 aromatic carbocycles. The van der Waals surface area contributed by atoms with Crippen molar-refractivity contribution in [2.75, 3.05) is 33.7 Å². The first-order valence-electron chi connectivity index (χ1n) is 6.31. The highest BCUT2D eigenvalue weighted by Crippen LogP contribution is 2.17. The van der Waals surface area contributed by atoms with Gasteiger partial charge in [-0.25, -0.2) is 4.79 Å². The van der Waals surface area contributed by atoms with Gasteiger partial charge in [0.1, 0.15) is 0 Å². The Morgan fingerprint density at radius 3 is 2.58 bits per heavy atom. The maximum Gasteiger partial charge on any atom is 0.319 e. The number of hydrogen-bond donors (Lipinski definition) is 2. The molecule has 7 heteroatoms.